The molecule has 0 spiro atoms. The van der Waals surface area contributed by atoms with Gasteiger partial charge in [0.2, 0.25) is 0 Å². The summed E-state index contributed by atoms with van der Waals surface area (Å²) < 4.78 is 8.88. The van der Waals surface area contributed by atoms with Crippen molar-refractivity contribution in [3.05, 3.63) is 0 Å². The predicted molar refractivity (Wildman–Crippen MR) is 25.3 cm³/mol. The van der Waals surface area contributed by atoms with Crippen molar-refractivity contribution in [3.8, 4) is 0 Å². The summed E-state index contributed by atoms with van der Waals surface area (Å²) in [5, 5.41) is 0. The number of hydrogen-bond acceptors (Lipinski definition) is 1. The Morgan fingerprint density at radius 3 is 1.20 bits per heavy atom. The Bertz CT molecular complexity index is 76.2. The largest absolute Gasteiger partial charge is 1.00 e. The summed E-state index contributed by atoms with van der Waals surface area (Å²) in [5.41, 5.74) is 0. The van der Waals surface area contributed by atoms with Crippen molar-refractivity contribution in [1.82, 2.24) is 0 Å². The molecule has 10 heavy (non-hydrogen) atoms. The van der Waals surface area contributed by atoms with E-state index in [0.29, 0.717) is 0 Å². The first-order chi connectivity index (χ1) is 2.00. The van der Waals surface area contributed by atoms with Gasteiger partial charge in [0.05, 0.1) is 0 Å². The molecule has 2 radical (unpaired) electrons. The van der Waals surface area contributed by atoms with Gasteiger partial charge in [-0.05, 0) is 0 Å². The van der Waals surface area contributed by atoms with Gasteiger partial charge < -0.3 is 16.1 Å². The average molecular weight is 309 g/mol. The molecule has 0 aromatic rings. The van der Waals surface area contributed by atoms with Gasteiger partial charge in [-0.25, -0.2) is 4.57 Å². The molecular weight excluding hydrogens is 301 g/mol. The normalized spacial score (nSPS) is 5.90. The number of rotatable bonds is 0. The van der Waals surface area contributed by atoms with E-state index in [1.54, 1.807) is 0 Å². The van der Waals surface area contributed by atoms with Crippen molar-refractivity contribution in [2.24, 2.45) is 0 Å². The zero-order valence-electron chi connectivity index (χ0n) is 5.22. The Balaban J connectivity index is -0.00000000533. The van der Waals surface area contributed by atoms with Crippen LogP contribution in [0.4, 0.5) is 0 Å². The molecule has 0 saturated carbocycles. The minimum atomic E-state index is -4.64. The molecule has 0 rings (SSSR count). The first-order valence-corrected chi connectivity index (χ1v) is 2.35. The van der Waals surface area contributed by atoms with Crippen LogP contribution in [0, 0.1) is 0 Å². The Morgan fingerprint density at radius 2 is 1.20 bits per heavy atom. The van der Waals surface area contributed by atoms with Crippen molar-refractivity contribution < 1.29 is 89.9 Å². The van der Waals surface area contributed by atoms with Crippen LogP contribution >= 0.6 is 7.82 Å². The fourth-order valence-electron chi connectivity index (χ4n) is 0. The Hall–Kier alpha value is 2.76. The van der Waals surface area contributed by atoms with Crippen LogP contribution in [-0.4, -0.2) is 32.0 Å². The van der Waals surface area contributed by atoms with Gasteiger partial charge in [0.1, 0.15) is 0 Å². The van der Waals surface area contributed by atoms with E-state index in [4.69, 9.17) is 19.2 Å². The van der Waals surface area contributed by atoms with E-state index < -0.39 is 7.82 Å². The van der Waals surface area contributed by atoms with Crippen molar-refractivity contribution >= 4 is 25.2 Å². The molecule has 0 aliphatic heterocycles. The van der Waals surface area contributed by atoms with Crippen LogP contribution in [0.2, 0.25) is 0 Å². The zero-order chi connectivity index (χ0) is 4.50. The molecule has 0 aliphatic rings. The molecule has 3 N–H and O–H groups in total. The predicted octanol–water partition coefficient (Wildman–Crippen LogP) is -5.00. The summed E-state index contributed by atoms with van der Waals surface area (Å²) in [4.78, 5) is 21.6. The monoisotopic (exact) mass is 308 g/mol. The molecule has 66 valence electrons. The molecule has 0 aromatic carbocycles. The molecule has 0 amide bonds. The van der Waals surface area contributed by atoms with Crippen molar-refractivity contribution in [3.63, 3.8) is 0 Å². The SMILES string of the molecule is O=P(O)(O)O.[AlH3].[Co].[H-].[Li+].[Mn].[Ni]. The fraction of sp³-hybridized carbons (Fsp3) is 0. The van der Waals surface area contributed by atoms with Crippen LogP contribution in [-0.2, 0) is 54.9 Å². The summed E-state index contributed by atoms with van der Waals surface area (Å²) in [6.07, 6.45) is 0. The van der Waals surface area contributed by atoms with Crippen molar-refractivity contribution in [2.45, 2.75) is 0 Å². The van der Waals surface area contributed by atoms with Crippen LogP contribution in [0.15, 0.2) is 0 Å². The summed E-state index contributed by atoms with van der Waals surface area (Å²) >= 11 is 0. The van der Waals surface area contributed by atoms with Gasteiger partial charge >= 0.3 is 26.7 Å². The van der Waals surface area contributed by atoms with Crippen LogP contribution in [0.1, 0.15) is 1.43 Å². The van der Waals surface area contributed by atoms with Gasteiger partial charge in [0.15, 0.2) is 17.4 Å². The van der Waals surface area contributed by atoms with Crippen LogP contribution in [0.5, 0.6) is 0 Å². The second-order valence-electron chi connectivity index (χ2n) is 0.513. The smallest absolute Gasteiger partial charge is 1.00 e. The molecule has 0 aromatic heterocycles. The molecule has 0 aliphatic carbocycles. The van der Waals surface area contributed by atoms with Gasteiger partial charge in [-0.15, -0.1) is 0 Å². The molecule has 0 bridgehead atoms. The molecule has 0 unspecified atom stereocenters. The van der Waals surface area contributed by atoms with E-state index in [2.05, 4.69) is 0 Å². The topological polar surface area (TPSA) is 77.8 Å². The second-order valence-corrected chi connectivity index (χ2v) is 1.54. The van der Waals surface area contributed by atoms with E-state index >= 15 is 0 Å². The van der Waals surface area contributed by atoms with Crippen molar-refractivity contribution in [1.29, 1.82) is 0 Å². The van der Waals surface area contributed by atoms with E-state index in [9.17, 15) is 0 Å². The second kappa shape index (κ2) is 17.7. The maximum absolute atomic E-state index is 8.88. The van der Waals surface area contributed by atoms with E-state index in [-0.39, 0.29) is 88.0 Å². The minimum absolute atomic E-state index is 0. The van der Waals surface area contributed by atoms with E-state index in [0.717, 1.165) is 0 Å². The Morgan fingerprint density at radius 1 is 1.20 bits per heavy atom. The first-order valence-electron chi connectivity index (χ1n) is 0.783. The molecule has 10 heteroatoms. The Labute approximate surface area is 114 Å². The standard InChI is InChI=1S/Al.Co.Li.Mn.Ni.H3O4P.4H/c;;;;;1-5(2,3)4;;;;/h;;;;;(H3,1,2,3,4);;;;/q;;+1;;;;;;;-1. The van der Waals surface area contributed by atoms with Gasteiger partial charge in [-0.3, -0.25) is 0 Å². The Kier molecular flexibility index (Phi) is 68.5. The quantitative estimate of drug-likeness (QED) is 0.309. The third-order valence-electron chi connectivity index (χ3n) is 0. The first kappa shape index (κ1) is 38.6. The molecule has 0 fully saturated rings. The summed E-state index contributed by atoms with van der Waals surface area (Å²) in [6, 6.07) is 0. The van der Waals surface area contributed by atoms with Crippen LogP contribution in [0.25, 0.3) is 0 Å². The van der Waals surface area contributed by atoms with Crippen LogP contribution in [0.3, 0.4) is 0 Å². The van der Waals surface area contributed by atoms with E-state index in [1.165, 1.54) is 0 Å². The third-order valence-corrected chi connectivity index (χ3v) is 0. The van der Waals surface area contributed by atoms with Gasteiger partial charge in [0.25, 0.3) is 0 Å². The van der Waals surface area contributed by atoms with Crippen LogP contribution < -0.4 is 18.9 Å². The number of hydrogen-bond donors (Lipinski definition) is 3. The minimum Gasteiger partial charge on any atom is -1.00 e. The average Bonchev–Trinajstić information content (AvgIpc) is 0.722. The maximum Gasteiger partial charge on any atom is 1.00 e. The molecule has 0 atom stereocenters. The van der Waals surface area contributed by atoms with Gasteiger partial charge in [-0.2, -0.15) is 0 Å². The maximum atomic E-state index is 8.88. The summed E-state index contributed by atoms with van der Waals surface area (Å²) in [6.45, 7) is 0. The summed E-state index contributed by atoms with van der Waals surface area (Å²) in [7, 11) is -4.64. The zero-order valence-corrected chi connectivity index (χ0v) is 8.33. The molecular formula is H7AlCoLiMnNiO4P. The van der Waals surface area contributed by atoms with Crippen molar-refractivity contribution in [2.75, 3.05) is 0 Å². The molecule has 0 heterocycles. The number of phosphoric acid groups is 1. The van der Waals surface area contributed by atoms with E-state index in [1.807, 2.05) is 0 Å². The fourth-order valence-corrected chi connectivity index (χ4v) is 0. The summed E-state index contributed by atoms with van der Waals surface area (Å²) in [5.74, 6) is 0. The van der Waals surface area contributed by atoms with Gasteiger partial charge in [-0.1, -0.05) is 0 Å². The molecule has 4 nitrogen and oxygen atoms in total. The van der Waals surface area contributed by atoms with Gasteiger partial charge in [0, 0.05) is 50.3 Å². The third kappa shape index (κ3) is 135. The molecule has 0 saturated heterocycles.